The molecule has 1 N–H and O–H groups in total. The third-order valence-electron chi connectivity index (χ3n) is 4.55. The molecule has 0 radical (unpaired) electrons. The zero-order chi connectivity index (χ0) is 21.1. The van der Waals surface area contributed by atoms with Crippen LogP contribution in [-0.4, -0.2) is 30.8 Å². The Morgan fingerprint density at radius 1 is 1.10 bits per heavy atom. The quantitative estimate of drug-likeness (QED) is 0.481. The van der Waals surface area contributed by atoms with Crippen molar-refractivity contribution in [2.24, 2.45) is 0 Å². The molecule has 9 heteroatoms. The summed E-state index contributed by atoms with van der Waals surface area (Å²) in [4.78, 5) is 25.1. The Morgan fingerprint density at radius 2 is 1.87 bits per heavy atom. The van der Waals surface area contributed by atoms with Crippen LogP contribution in [0.5, 0.6) is 0 Å². The number of halogens is 1. The summed E-state index contributed by atoms with van der Waals surface area (Å²) in [6.45, 7) is 2.03. The summed E-state index contributed by atoms with van der Waals surface area (Å²) in [5, 5.41) is 11.3. The Labute approximate surface area is 175 Å². The van der Waals surface area contributed by atoms with Gasteiger partial charge in [0.25, 0.3) is 0 Å². The Hall–Kier alpha value is -3.46. The predicted octanol–water partition coefficient (Wildman–Crippen LogP) is 3.31. The van der Waals surface area contributed by atoms with E-state index in [1.807, 2.05) is 31.2 Å². The summed E-state index contributed by atoms with van der Waals surface area (Å²) in [6, 6.07) is 13.2. The van der Waals surface area contributed by atoms with Crippen molar-refractivity contribution in [2.45, 2.75) is 18.5 Å². The number of nitrogens with one attached hydrogen (secondary N) is 1. The fourth-order valence-corrected chi connectivity index (χ4v) is 3.75. The van der Waals surface area contributed by atoms with Gasteiger partial charge in [-0.15, -0.1) is 10.2 Å². The third-order valence-corrected chi connectivity index (χ3v) is 5.49. The molecule has 0 fully saturated rings. The molecule has 0 saturated heterocycles. The number of hydrogen-bond acceptors (Lipinski definition) is 5. The van der Waals surface area contributed by atoms with Gasteiger partial charge in [-0.2, -0.15) is 0 Å². The van der Waals surface area contributed by atoms with Crippen molar-refractivity contribution in [3.05, 3.63) is 82.7 Å². The van der Waals surface area contributed by atoms with Gasteiger partial charge in [0, 0.05) is 23.8 Å². The number of aromatic nitrogens is 4. The van der Waals surface area contributed by atoms with Gasteiger partial charge in [0.15, 0.2) is 5.16 Å². The maximum Gasteiger partial charge on any atom is 0.300 e. The molecule has 30 heavy (non-hydrogen) atoms. The molecule has 0 aliphatic carbocycles. The zero-order valence-corrected chi connectivity index (χ0v) is 16.9. The summed E-state index contributed by atoms with van der Waals surface area (Å²) < 4.78 is 16.0. The first kappa shape index (κ1) is 19.8. The first-order valence-electron chi connectivity index (χ1n) is 9.29. The summed E-state index contributed by atoms with van der Waals surface area (Å²) in [7, 11) is 0. The fraction of sp³-hybridized carbons (Fsp3) is 0.143. The van der Waals surface area contributed by atoms with E-state index in [-0.39, 0.29) is 28.7 Å². The third kappa shape index (κ3) is 3.97. The number of rotatable bonds is 6. The normalized spacial score (nSPS) is 11.0. The van der Waals surface area contributed by atoms with Gasteiger partial charge >= 0.3 is 5.56 Å². The molecule has 0 saturated carbocycles. The van der Waals surface area contributed by atoms with Crippen LogP contribution in [0.15, 0.2) is 70.9 Å². The summed E-state index contributed by atoms with van der Waals surface area (Å²) in [5.74, 6) is -0.425. The van der Waals surface area contributed by atoms with Crippen LogP contribution in [0, 0.1) is 5.82 Å². The number of carbonyl (C=O) groups excluding carboxylic acids is 1. The van der Waals surface area contributed by atoms with Gasteiger partial charge in [-0.1, -0.05) is 36.9 Å². The molecular weight excluding hydrogens is 405 g/mol. The number of aryl methyl sites for hydroxylation is 1. The lowest BCUT2D eigenvalue weighted by atomic mass is 10.1. The van der Waals surface area contributed by atoms with E-state index < -0.39 is 0 Å². The number of carbonyl (C=O) groups is 1. The van der Waals surface area contributed by atoms with Crippen molar-refractivity contribution in [3.63, 3.8) is 0 Å². The summed E-state index contributed by atoms with van der Waals surface area (Å²) in [6.07, 6.45) is 4.03. The molecule has 0 atom stereocenters. The lowest BCUT2D eigenvalue weighted by Gasteiger charge is -2.09. The van der Waals surface area contributed by atoms with E-state index in [4.69, 9.17) is 0 Å². The Morgan fingerprint density at radius 3 is 2.63 bits per heavy atom. The van der Waals surface area contributed by atoms with Crippen molar-refractivity contribution < 1.29 is 9.18 Å². The Kier molecular flexibility index (Phi) is 5.62. The second-order valence-electron chi connectivity index (χ2n) is 6.47. The lowest BCUT2D eigenvalue weighted by molar-refractivity contribution is -0.113. The van der Waals surface area contributed by atoms with Crippen LogP contribution < -0.4 is 10.9 Å². The number of anilines is 1. The lowest BCUT2D eigenvalue weighted by Crippen LogP contribution is -2.20. The maximum atomic E-state index is 13.1. The van der Waals surface area contributed by atoms with Gasteiger partial charge in [0.2, 0.25) is 11.6 Å². The van der Waals surface area contributed by atoms with E-state index in [0.717, 1.165) is 17.7 Å². The molecule has 2 heterocycles. The molecule has 4 aromatic rings. The van der Waals surface area contributed by atoms with Crippen LogP contribution in [0.3, 0.4) is 0 Å². The van der Waals surface area contributed by atoms with Crippen LogP contribution >= 0.6 is 11.8 Å². The Bertz CT molecular complexity index is 1270. The topological polar surface area (TPSA) is 81.3 Å². The van der Waals surface area contributed by atoms with Gasteiger partial charge in [-0.25, -0.2) is 4.39 Å². The van der Waals surface area contributed by atoms with Crippen molar-refractivity contribution in [1.29, 1.82) is 0 Å². The van der Waals surface area contributed by atoms with Crippen LogP contribution in [0.2, 0.25) is 0 Å². The van der Waals surface area contributed by atoms with E-state index in [1.165, 1.54) is 40.6 Å². The SMILES string of the molecule is CCc1ccccc1NC(=O)CSc1nnc2c(=O)n(-c3ccc(F)cc3)ccn12. The average molecular weight is 423 g/mol. The number of para-hydroxylation sites is 1. The van der Waals surface area contributed by atoms with Crippen LogP contribution in [0.1, 0.15) is 12.5 Å². The monoisotopic (exact) mass is 423 g/mol. The number of fused-ring (bicyclic) bond motifs is 1. The predicted molar refractivity (Wildman–Crippen MR) is 114 cm³/mol. The molecular formula is C21H18FN5O2S. The fourth-order valence-electron chi connectivity index (χ4n) is 3.04. The van der Waals surface area contributed by atoms with E-state index in [9.17, 15) is 14.0 Å². The number of hydrogen-bond donors (Lipinski definition) is 1. The second-order valence-corrected chi connectivity index (χ2v) is 7.42. The smallest absolute Gasteiger partial charge is 0.300 e. The largest absolute Gasteiger partial charge is 0.325 e. The number of thioether (sulfide) groups is 1. The minimum atomic E-state index is -0.384. The molecule has 1 amide bonds. The van der Waals surface area contributed by atoms with Gasteiger partial charge in [0.1, 0.15) is 5.82 Å². The highest BCUT2D eigenvalue weighted by atomic mass is 32.2. The van der Waals surface area contributed by atoms with E-state index in [1.54, 1.807) is 16.8 Å². The summed E-state index contributed by atoms with van der Waals surface area (Å²) >= 11 is 1.19. The van der Waals surface area contributed by atoms with Crippen molar-refractivity contribution in [1.82, 2.24) is 19.2 Å². The van der Waals surface area contributed by atoms with E-state index >= 15 is 0 Å². The maximum absolute atomic E-state index is 13.1. The van der Waals surface area contributed by atoms with Crippen molar-refractivity contribution >= 4 is 29.0 Å². The minimum absolute atomic E-state index is 0.125. The second kappa shape index (κ2) is 8.50. The first-order chi connectivity index (χ1) is 14.6. The standard InChI is InChI=1S/C21H18FN5O2S/c1-2-14-5-3-4-6-17(14)23-18(28)13-30-21-25-24-19-20(29)26(11-12-27(19)21)16-9-7-15(22)8-10-16/h3-12H,2,13H2,1H3,(H,23,28). The van der Waals surface area contributed by atoms with Gasteiger partial charge in [-0.3, -0.25) is 18.6 Å². The molecule has 2 aromatic heterocycles. The minimum Gasteiger partial charge on any atom is -0.325 e. The zero-order valence-electron chi connectivity index (χ0n) is 16.1. The van der Waals surface area contributed by atoms with E-state index in [0.29, 0.717) is 10.8 Å². The van der Waals surface area contributed by atoms with Crippen LogP contribution in [0.25, 0.3) is 11.3 Å². The first-order valence-corrected chi connectivity index (χ1v) is 10.3. The number of amides is 1. The molecule has 0 aliphatic rings. The number of nitrogens with zero attached hydrogens (tertiary/aromatic N) is 4. The molecule has 0 spiro atoms. The molecule has 0 aliphatic heterocycles. The molecule has 152 valence electrons. The van der Waals surface area contributed by atoms with Crippen molar-refractivity contribution in [3.8, 4) is 5.69 Å². The number of benzene rings is 2. The molecule has 0 unspecified atom stereocenters. The highest BCUT2D eigenvalue weighted by Crippen LogP contribution is 2.19. The molecule has 0 bridgehead atoms. The van der Waals surface area contributed by atoms with Gasteiger partial charge < -0.3 is 5.32 Å². The van der Waals surface area contributed by atoms with Crippen molar-refractivity contribution in [2.75, 3.05) is 11.1 Å². The van der Waals surface area contributed by atoms with Crippen LogP contribution in [-0.2, 0) is 11.2 Å². The molecule has 2 aromatic carbocycles. The molecule has 7 nitrogen and oxygen atoms in total. The average Bonchev–Trinajstić information content (AvgIpc) is 3.18. The highest BCUT2D eigenvalue weighted by Gasteiger charge is 2.14. The Balaban J connectivity index is 1.51. The van der Waals surface area contributed by atoms with Gasteiger partial charge in [-0.05, 0) is 42.3 Å². The van der Waals surface area contributed by atoms with Crippen LogP contribution in [0.4, 0.5) is 10.1 Å². The highest BCUT2D eigenvalue weighted by molar-refractivity contribution is 7.99. The van der Waals surface area contributed by atoms with E-state index in [2.05, 4.69) is 15.5 Å². The van der Waals surface area contributed by atoms with Gasteiger partial charge in [0.05, 0.1) is 5.75 Å². The summed E-state index contributed by atoms with van der Waals surface area (Å²) in [5.41, 5.74) is 2.12. The molecule has 4 rings (SSSR count).